The molecule has 0 saturated carbocycles. The molecule has 0 amide bonds. The van der Waals surface area contributed by atoms with Crippen LogP contribution in [-0.2, 0) is 4.43 Å². The molecule has 0 spiro atoms. The van der Waals surface area contributed by atoms with E-state index in [4.69, 9.17) is 4.43 Å². The normalized spacial score (nSPS) is 14.4. The fourth-order valence-corrected chi connectivity index (χ4v) is 3.05. The highest BCUT2D eigenvalue weighted by Gasteiger charge is 2.19. The average Bonchev–Trinajstić information content (AvgIpc) is 2.22. The zero-order chi connectivity index (χ0) is 13.1. The van der Waals surface area contributed by atoms with E-state index in [1.807, 2.05) is 6.08 Å². The van der Waals surface area contributed by atoms with Gasteiger partial charge in [0.2, 0.25) is 0 Å². The van der Waals surface area contributed by atoms with E-state index >= 15 is 0 Å². The highest BCUT2D eigenvalue weighted by atomic mass is 28.4. The molecule has 0 fully saturated rings. The Morgan fingerprint density at radius 2 is 1.82 bits per heavy atom. The van der Waals surface area contributed by atoms with Crippen LogP contribution in [0.15, 0.2) is 12.2 Å². The first-order chi connectivity index (χ1) is 7.99. The second kappa shape index (κ2) is 9.83. The van der Waals surface area contributed by atoms with Crippen molar-refractivity contribution in [2.45, 2.75) is 71.2 Å². The number of halogens is 1. The van der Waals surface area contributed by atoms with Crippen LogP contribution in [0.5, 0.6) is 0 Å². The molecule has 0 aliphatic rings. The lowest BCUT2D eigenvalue weighted by molar-refractivity contribution is 0.182. The molecule has 1 nitrogen and oxygen atoms in total. The van der Waals surface area contributed by atoms with Crippen LogP contribution < -0.4 is 0 Å². The van der Waals surface area contributed by atoms with Crippen LogP contribution in [0.1, 0.15) is 45.4 Å². The van der Waals surface area contributed by atoms with Crippen LogP contribution in [-0.4, -0.2) is 21.1 Å². The van der Waals surface area contributed by atoms with Gasteiger partial charge in [0, 0.05) is 6.10 Å². The summed E-state index contributed by atoms with van der Waals surface area (Å²) in [6, 6.07) is 0. The maximum Gasteiger partial charge on any atom is 0.184 e. The van der Waals surface area contributed by atoms with Crippen LogP contribution in [0.2, 0.25) is 19.6 Å². The van der Waals surface area contributed by atoms with Gasteiger partial charge in [-0.25, -0.2) is 4.39 Å². The van der Waals surface area contributed by atoms with E-state index < -0.39 is 8.32 Å². The third-order valence-electron chi connectivity index (χ3n) is 2.55. The van der Waals surface area contributed by atoms with E-state index in [-0.39, 0.29) is 6.67 Å². The highest BCUT2D eigenvalue weighted by Crippen LogP contribution is 2.17. The molecule has 0 N–H and O–H groups in total. The molecule has 1 unspecified atom stereocenters. The summed E-state index contributed by atoms with van der Waals surface area (Å²) in [4.78, 5) is 0. The first-order valence-corrected chi connectivity index (χ1v) is 10.3. The molecule has 0 radical (unpaired) electrons. The number of alkyl halides is 1. The van der Waals surface area contributed by atoms with Crippen LogP contribution in [0.4, 0.5) is 4.39 Å². The maximum absolute atomic E-state index is 12.0. The van der Waals surface area contributed by atoms with E-state index in [1.54, 1.807) is 6.08 Å². The smallest absolute Gasteiger partial charge is 0.184 e. The molecule has 0 heterocycles. The second-order valence-corrected chi connectivity index (χ2v) is 10.0. The van der Waals surface area contributed by atoms with Crippen molar-refractivity contribution in [2.75, 3.05) is 6.67 Å². The van der Waals surface area contributed by atoms with Gasteiger partial charge in [-0.2, -0.15) is 0 Å². The third kappa shape index (κ3) is 12.1. The Labute approximate surface area is 108 Å². The zero-order valence-electron chi connectivity index (χ0n) is 12.0. The molecule has 0 aromatic heterocycles. The largest absolute Gasteiger partial charge is 0.414 e. The van der Waals surface area contributed by atoms with Crippen molar-refractivity contribution in [3.8, 4) is 0 Å². The highest BCUT2D eigenvalue weighted by molar-refractivity contribution is 6.69. The first-order valence-electron chi connectivity index (χ1n) is 6.88. The molecule has 0 rings (SSSR count). The fraction of sp³-hybridized carbons (Fsp3) is 0.857. The summed E-state index contributed by atoms with van der Waals surface area (Å²) in [5, 5.41) is 0. The lowest BCUT2D eigenvalue weighted by Gasteiger charge is -2.25. The van der Waals surface area contributed by atoms with Gasteiger partial charge in [0.25, 0.3) is 0 Å². The van der Waals surface area contributed by atoms with Gasteiger partial charge in [-0.15, -0.1) is 0 Å². The molecular formula is C14H29FOSi. The van der Waals surface area contributed by atoms with Gasteiger partial charge in [0.1, 0.15) is 6.67 Å². The van der Waals surface area contributed by atoms with Crippen LogP contribution in [0, 0.1) is 0 Å². The van der Waals surface area contributed by atoms with Gasteiger partial charge >= 0.3 is 0 Å². The van der Waals surface area contributed by atoms with Crippen molar-refractivity contribution in [1.29, 1.82) is 0 Å². The van der Waals surface area contributed by atoms with Crippen molar-refractivity contribution in [1.82, 2.24) is 0 Å². The average molecular weight is 260 g/mol. The Balaban J connectivity index is 3.97. The van der Waals surface area contributed by atoms with Crippen LogP contribution >= 0.6 is 0 Å². The Morgan fingerprint density at radius 1 is 1.12 bits per heavy atom. The molecule has 0 bridgehead atoms. The number of allylic oxidation sites excluding steroid dienone is 1. The summed E-state index contributed by atoms with van der Waals surface area (Å²) in [5.41, 5.74) is 0. The topological polar surface area (TPSA) is 9.23 Å². The summed E-state index contributed by atoms with van der Waals surface area (Å²) < 4.78 is 18.1. The third-order valence-corrected chi connectivity index (χ3v) is 3.60. The molecule has 102 valence electrons. The molecule has 17 heavy (non-hydrogen) atoms. The minimum Gasteiger partial charge on any atom is -0.414 e. The standard InChI is InChI=1S/C14H29FOSi/c1-5-6-7-8-11-14(12-9-10-13-15)16-17(2,3)4/h9-10,14H,5-8,11-13H2,1-4H3. The number of unbranched alkanes of at least 4 members (excludes halogenated alkanes) is 3. The Bertz CT molecular complexity index is 199. The fourth-order valence-electron chi connectivity index (χ4n) is 1.83. The maximum atomic E-state index is 12.0. The quantitative estimate of drug-likeness (QED) is 0.302. The molecule has 0 aromatic rings. The molecular weight excluding hydrogens is 231 g/mol. The summed E-state index contributed by atoms with van der Waals surface area (Å²) >= 11 is 0. The van der Waals surface area contributed by atoms with E-state index in [2.05, 4.69) is 26.6 Å². The van der Waals surface area contributed by atoms with E-state index in [1.165, 1.54) is 25.7 Å². The van der Waals surface area contributed by atoms with Crippen molar-refractivity contribution >= 4 is 8.32 Å². The lowest BCUT2D eigenvalue weighted by atomic mass is 10.1. The number of hydrogen-bond donors (Lipinski definition) is 0. The summed E-state index contributed by atoms with van der Waals surface area (Å²) in [6.45, 7) is 8.50. The van der Waals surface area contributed by atoms with Gasteiger partial charge in [-0.3, -0.25) is 0 Å². The van der Waals surface area contributed by atoms with Crippen LogP contribution in [0.25, 0.3) is 0 Å². The van der Waals surface area contributed by atoms with Gasteiger partial charge < -0.3 is 4.43 Å². The molecule has 0 aromatic carbocycles. The molecule has 0 aliphatic heterocycles. The van der Waals surface area contributed by atoms with Crippen molar-refractivity contribution in [3.63, 3.8) is 0 Å². The second-order valence-electron chi connectivity index (χ2n) is 5.56. The zero-order valence-corrected chi connectivity index (χ0v) is 13.0. The minimum atomic E-state index is -1.48. The number of rotatable bonds is 10. The van der Waals surface area contributed by atoms with Gasteiger partial charge in [0.15, 0.2) is 8.32 Å². The van der Waals surface area contributed by atoms with E-state index in [0.717, 1.165) is 12.8 Å². The molecule has 3 heteroatoms. The van der Waals surface area contributed by atoms with E-state index in [9.17, 15) is 4.39 Å². The van der Waals surface area contributed by atoms with Gasteiger partial charge in [-0.1, -0.05) is 44.8 Å². The first kappa shape index (κ1) is 16.8. The Hall–Kier alpha value is -0.153. The Kier molecular flexibility index (Phi) is 9.75. The summed E-state index contributed by atoms with van der Waals surface area (Å²) in [7, 11) is -1.48. The Morgan fingerprint density at radius 3 is 2.35 bits per heavy atom. The van der Waals surface area contributed by atoms with Gasteiger partial charge in [0.05, 0.1) is 0 Å². The minimum absolute atomic E-state index is 0.293. The molecule has 0 aliphatic carbocycles. The predicted molar refractivity (Wildman–Crippen MR) is 76.7 cm³/mol. The van der Waals surface area contributed by atoms with Gasteiger partial charge in [-0.05, 0) is 32.5 Å². The van der Waals surface area contributed by atoms with Crippen molar-refractivity contribution in [2.24, 2.45) is 0 Å². The predicted octanol–water partition coefficient (Wildman–Crippen LogP) is 5.09. The van der Waals surface area contributed by atoms with Crippen LogP contribution in [0.3, 0.4) is 0 Å². The SMILES string of the molecule is CCCCCCC(CC=CCF)O[Si](C)(C)C. The number of hydrogen-bond acceptors (Lipinski definition) is 1. The summed E-state index contributed by atoms with van der Waals surface area (Å²) in [6.07, 6.45) is 10.9. The molecule has 1 atom stereocenters. The summed E-state index contributed by atoms with van der Waals surface area (Å²) in [5.74, 6) is 0. The lowest BCUT2D eigenvalue weighted by Crippen LogP contribution is -2.31. The van der Waals surface area contributed by atoms with Crippen molar-refractivity contribution in [3.05, 3.63) is 12.2 Å². The monoisotopic (exact) mass is 260 g/mol. The van der Waals surface area contributed by atoms with E-state index in [0.29, 0.717) is 6.10 Å². The van der Waals surface area contributed by atoms with Crippen molar-refractivity contribution < 1.29 is 8.82 Å². The molecule has 0 saturated heterocycles.